The lowest BCUT2D eigenvalue weighted by atomic mass is 10.1. The standard InChI is InChI=1S/C16H14F3NO3/c1-9-2-3-11(23-9)4-5-15(22)20-14(8-21)10-6-12(17)16(19)13(18)7-10/h2-7,14,21H,8H2,1H3,(H,20,22)/b5-4+. The van der Waals surface area contributed by atoms with Gasteiger partial charge in [-0.05, 0) is 42.8 Å². The molecule has 0 bridgehead atoms. The van der Waals surface area contributed by atoms with E-state index in [1.807, 2.05) is 0 Å². The zero-order valence-corrected chi connectivity index (χ0v) is 12.1. The Balaban J connectivity index is 2.10. The molecule has 1 unspecified atom stereocenters. The monoisotopic (exact) mass is 325 g/mol. The maximum absolute atomic E-state index is 13.2. The third kappa shape index (κ3) is 4.23. The summed E-state index contributed by atoms with van der Waals surface area (Å²) >= 11 is 0. The van der Waals surface area contributed by atoms with E-state index < -0.39 is 36.0 Å². The highest BCUT2D eigenvalue weighted by Gasteiger charge is 2.18. The van der Waals surface area contributed by atoms with E-state index in [2.05, 4.69) is 5.32 Å². The van der Waals surface area contributed by atoms with Gasteiger partial charge in [-0.25, -0.2) is 13.2 Å². The molecule has 0 aliphatic rings. The fraction of sp³-hybridized carbons (Fsp3) is 0.188. The van der Waals surface area contributed by atoms with Crippen molar-refractivity contribution in [3.8, 4) is 0 Å². The zero-order valence-electron chi connectivity index (χ0n) is 12.1. The van der Waals surface area contributed by atoms with Gasteiger partial charge < -0.3 is 14.8 Å². The van der Waals surface area contributed by atoms with Crippen molar-refractivity contribution in [2.45, 2.75) is 13.0 Å². The van der Waals surface area contributed by atoms with Crippen LogP contribution < -0.4 is 5.32 Å². The molecule has 1 atom stereocenters. The van der Waals surface area contributed by atoms with Crippen LogP contribution in [0.1, 0.15) is 23.1 Å². The molecule has 1 heterocycles. The number of furan rings is 1. The smallest absolute Gasteiger partial charge is 0.244 e. The Hall–Kier alpha value is -2.54. The Labute approximate surface area is 130 Å². The summed E-state index contributed by atoms with van der Waals surface area (Å²) in [5.41, 5.74) is -0.0838. The minimum atomic E-state index is -1.61. The summed E-state index contributed by atoms with van der Waals surface area (Å²) < 4.78 is 44.6. The van der Waals surface area contributed by atoms with Crippen molar-refractivity contribution in [3.05, 3.63) is 64.9 Å². The lowest BCUT2D eigenvalue weighted by molar-refractivity contribution is -0.117. The highest BCUT2D eigenvalue weighted by atomic mass is 19.2. The molecule has 23 heavy (non-hydrogen) atoms. The Morgan fingerprint density at radius 1 is 1.30 bits per heavy atom. The first-order valence-electron chi connectivity index (χ1n) is 6.71. The third-order valence-corrected chi connectivity index (χ3v) is 3.07. The normalized spacial score (nSPS) is 12.6. The number of amides is 1. The Morgan fingerprint density at radius 2 is 1.96 bits per heavy atom. The van der Waals surface area contributed by atoms with Crippen LogP contribution in [-0.4, -0.2) is 17.6 Å². The molecule has 0 saturated carbocycles. The van der Waals surface area contributed by atoms with E-state index in [0.717, 1.165) is 18.2 Å². The number of rotatable bonds is 5. The molecule has 0 aliphatic heterocycles. The molecule has 1 aromatic heterocycles. The summed E-state index contributed by atoms with van der Waals surface area (Å²) in [7, 11) is 0. The number of hydrogen-bond donors (Lipinski definition) is 2. The van der Waals surface area contributed by atoms with Gasteiger partial charge in [-0.1, -0.05) is 0 Å². The number of halogens is 3. The second-order valence-electron chi connectivity index (χ2n) is 4.82. The van der Waals surface area contributed by atoms with Gasteiger partial charge in [0.25, 0.3) is 0 Å². The molecule has 0 aliphatic carbocycles. The van der Waals surface area contributed by atoms with Crippen LogP contribution in [0.4, 0.5) is 13.2 Å². The molecular formula is C16H14F3NO3. The molecular weight excluding hydrogens is 311 g/mol. The van der Waals surface area contributed by atoms with Gasteiger partial charge in [0.2, 0.25) is 5.91 Å². The number of nitrogens with one attached hydrogen (secondary N) is 1. The minimum Gasteiger partial charge on any atom is -0.462 e. The van der Waals surface area contributed by atoms with E-state index in [1.165, 1.54) is 6.08 Å². The van der Waals surface area contributed by atoms with Crippen LogP contribution in [0, 0.1) is 24.4 Å². The maximum atomic E-state index is 13.2. The highest BCUT2D eigenvalue weighted by Crippen LogP contribution is 2.19. The van der Waals surface area contributed by atoms with Crippen LogP contribution >= 0.6 is 0 Å². The van der Waals surface area contributed by atoms with Gasteiger partial charge in [-0.15, -0.1) is 0 Å². The summed E-state index contributed by atoms with van der Waals surface area (Å²) in [5.74, 6) is -3.87. The topological polar surface area (TPSA) is 62.5 Å². The van der Waals surface area contributed by atoms with Crippen LogP contribution in [0.15, 0.2) is 34.8 Å². The first-order chi connectivity index (χ1) is 10.9. The fourth-order valence-corrected chi connectivity index (χ4v) is 1.93. The zero-order chi connectivity index (χ0) is 17.0. The number of carbonyl (C=O) groups is 1. The third-order valence-electron chi connectivity index (χ3n) is 3.07. The lowest BCUT2D eigenvalue weighted by Gasteiger charge is -2.16. The Morgan fingerprint density at radius 3 is 2.48 bits per heavy atom. The Kier molecular flexibility index (Phi) is 5.23. The first-order valence-corrected chi connectivity index (χ1v) is 6.71. The van der Waals surface area contributed by atoms with E-state index in [-0.39, 0.29) is 5.56 Å². The highest BCUT2D eigenvalue weighted by molar-refractivity contribution is 5.91. The molecule has 2 N–H and O–H groups in total. The summed E-state index contributed by atoms with van der Waals surface area (Å²) in [6.45, 7) is 1.14. The predicted molar refractivity (Wildman–Crippen MR) is 76.8 cm³/mol. The van der Waals surface area contributed by atoms with Gasteiger partial charge >= 0.3 is 0 Å². The molecule has 2 aromatic rings. The average Bonchev–Trinajstić information content (AvgIpc) is 2.93. The summed E-state index contributed by atoms with van der Waals surface area (Å²) in [6, 6.07) is 3.75. The minimum absolute atomic E-state index is 0.0838. The molecule has 1 amide bonds. The number of aliphatic hydroxyl groups is 1. The van der Waals surface area contributed by atoms with Gasteiger partial charge in [0.05, 0.1) is 12.6 Å². The van der Waals surface area contributed by atoms with Crippen molar-refractivity contribution in [2.75, 3.05) is 6.61 Å². The number of aliphatic hydroxyl groups excluding tert-OH is 1. The second kappa shape index (κ2) is 7.15. The van der Waals surface area contributed by atoms with E-state index >= 15 is 0 Å². The summed E-state index contributed by atoms with van der Waals surface area (Å²) in [4.78, 5) is 11.8. The van der Waals surface area contributed by atoms with Crippen molar-refractivity contribution >= 4 is 12.0 Å². The quantitative estimate of drug-likeness (QED) is 0.656. The summed E-state index contributed by atoms with van der Waals surface area (Å²) in [5, 5.41) is 11.6. The van der Waals surface area contributed by atoms with Crippen molar-refractivity contribution < 1.29 is 27.5 Å². The molecule has 0 radical (unpaired) electrons. The van der Waals surface area contributed by atoms with E-state index in [4.69, 9.17) is 4.42 Å². The van der Waals surface area contributed by atoms with Gasteiger partial charge in [-0.3, -0.25) is 4.79 Å². The molecule has 7 heteroatoms. The van der Waals surface area contributed by atoms with Crippen LogP contribution in [0.25, 0.3) is 6.08 Å². The van der Waals surface area contributed by atoms with Gasteiger partial charge in [0, 0.05) is 6.08 Å². The largest absolute Gasteiger partial charge is 0.462 e. The Bertz CT molecular complexity index is 717. The van der Waals surface area contributed by atoms with Gasteiger partial charge in [-0.2, -0.15) is 0 Å². The van der Waals surface area contributed by atoms with Crippen molar-refractivity contribution in [3.63, 3.8) is 0 Å². The maximum Gasteiger partial charge on any atom is 0.244 e. The van der Waals surface area contributed by atoms with Crippen LogP contribution in [0.5, 0.6) is 0 Å². The molecule has 2 rings (SSSR count). The molecule has 0 fully saturated rings. The molecule has 4 nitrogen and oxygen atoms in total. The van der Waals surface area contributed by atoms with Crippen LogP contribution in [0.2, 0.25) is 0 Å². The first kappa shape index (κ1) is 16.8. The molecule has 122 valence electrons. The van der Waals surface area contributed by atoms with Gasteiger partial charge in [0.1, 0.15) is 11.5 Å². The molecule has 1 aromatic carbocycles. The van der Waals surface area contributed by atoms with E-state index in [1.54, 1.807) is 19.1 Å². The lowest BCUT2D eigenvalue weighted by Crippen LogP contribution is -2.29. The van der Waals surface area contributed by atoms with Crippen molar-refractivity contribution in [2.24, 2.45) is 0 Å². The second-order valence-corrected chi connectivity index (χ2v) is 4.82. The van der Waals surface area contributed by atoms with Crippen molar-refractivity contribution in [1.29, 1.82) is 0 Å². The van der Waals surface area contributed by atoms with Gasteiger partial charge in [0.15, 0.2) is 17.5 Å². The van der Waals surface area contributed by atoms with E-state index in [0.29, 0.717) is 11.5 Å². The molecule has 0 spiro atoms. The van der Waals surface area contributed by atoms with E-state index in [9.17, 15) is 23.1 Å². The number of benzene rings is 1. The number of hydrogen-bond acceptors (Lipinski definition) is 3. The number of carbonyl (C=O) groups excluding carboxylic acids is 1. The van der Waals surface area contributed by atoms with Crippen LogP contribution in [0.3, 0.4) is 0 Å². The van der Waals surface area contributed by atoms with Crippen molar-refractivity contribution in [1.82, 2.24) is 5.32 Å². The summed E-state index contributed by atoms with van der Waals surface area (Å²) in [6.07, 6.45) is 2.56. The average molecular weight is 325 g/mol. The van der Waals surface area contributed by atoms with Crippen LogP contribution in [-0.2, 0) is 4.79 Å². The fourth-order valence-electron chi connectivity index (χ4n) is 1.93. The predicted octanol–water partition coefficient (Wildman–Crippen LogP) is 2.87. The molecule has 0 saturated heterocycles. The SMILES string of the molecule is Cc1ccc(/C=C/C(=O)NC(CO)c2cc(F)c(F)c(F)c2)o1. The number of aryl methyl sites for hydroxylation is 1.